The monoisotopic (exact) mass is 431 g/mol. The van der Waals surface area contributed by atoms with Crippen molar-refractivity contribution in [1.82, 2.24) is 14.5 Å². The molecule has 0 atom stereocenters. The fourth-order valence-electron chi connectivity index (χ4n) is 4.00. The van der Waals surface area contributed by atoms with Gasteiger partial charge in [0.15, 0.2) is 0 Å². The van der Waals surface area contributed by atoms with Crippen LogP contribution >= 0.6 is 0 Å². The number of amides is 1. The molecule has 5 rings (SSSR count). The predicted molar refractivity (Wildman–Crippen MR) is 125 cm³/mol. The van der Waals surface area contributed by atoms with E-state index in [1.165, 1.54) is 18.4 Å². The first-order valence-electron chi connectivity index (χ1n) is 11.3. The molecule has 1 aliphatic carbocycles. The third-order valence-electron chi connectivity index (χ3n) is 6.31. The summed E-state index contributed by atoms with van der Waals surface area (Å²) in [5, 5.41) is 3.07. The van der Waals surface area contributed by atoms with Crippen molar-refractivity contribution in [1.29, 1.82) is 0 Å². The first-order chi connectivity index (χ1) is 15.6. The number of benzene rings is 1. The number of aromatic nitrogens is 3. The molecule has 3 heterocycles. The van der Waals surface area contributed by atoms with Crippen LogP contribution in [0, 0.1) is 19.8 Å². The second-order valence-corrected chi connectivity index (χ2v) is 8.83. The lowest BCUT2D eigenvalue weighted by Gasteiger charge is -2.26. The van der Waals surface area contributed by atoms with Crippen molar-refractivity contribution in [2.45, 2.75) is 33.2 Å². The number of rotatable bonds is 6. The van der Waals surface area contributed by atoms with Crippen LogP contribution in [0.25, 0.3) is 11.1 Å². The van der Waals surface area contributed by atoms with E-state index in [1.54, 1.807) is 0 Å². The van der Waals surface area contributed by atoms with Gasteiger partial charge in [-0.15, -0.1) is 0 Å². The Hall–Kier alpha value is -3.19. The highest BCUT2D eigenvalue weighted by Gasteiger charge is 2.25. The number of hydrogen-bond donors (Lipinski definition) is 1. The molecule has 32 heavy (non-hydrogen) atoms. The minimum Gasteiger partial charge on any atom is -0.378 e. The van der Waals surface area contributed by atoms with Crippen molar-refractivity contribution in [3.63, 3.8) is 0 Å². The highest BCUT2D eigenvalue weighted by atomic mass is 16.5. The van der Waals surface area contributed by atoms with Crippen molar-refractivity contribution in [2.24, 2.45) is 5.92 Å². The maximum absolute atomic E-state index is 13.2. The van der Waals surface area contributed by atoms with Gasteiger partial charge in [0.2, 0.25) is 5.95 Å². The number of nitrogens with one attached hydrogen (secondary N) is 1. The number of morpholine rings is 1. The summed E-state index contributed by atoms with van der Waals surface area (Å²) in [6, 6.07) is 7.95. The van der Waals surface area contributed by atoms with E-state index in [4.69, 9.17) is 4.74 Å². The van der Waals surface area contributed by atoms with Gasteiger partial charge in [-0.2, -0.15) is 0 Å². The van der Waals surface area contributed by atoms with Crippen LogP contribution in [0.3, 0.4) is 0 Å². The summed E-state index contributed by atoms with van der Waals surface area (Å²) in [4.78, 5) is 24.4. The van der Waals surface area contributed by atoms with E-state index in [-0.39, 0.29) is 5.91 Å². The lowest BCUT2D eigenvalue weighted by Crippen LogP contribution is -2.37. The van der Waals surface area contributed by atoms with Gasteiger partial charge in [0.05, 0.1) is 13.2 Å². The van der Waals surface area contributed by atoms with Crippen molar-refractivity contribution in [2.75, 3.05) is 36.5 Å². The SMILES string of the molecule is Cc1ccc(NC(=O)c2cc(-c3cnc(N4CCOCC4)nc3)cn2CC2CC2)cc1C. The summed E-state index contributed by atoms with van der Waals surface area (Å²) in [6.45, 7) is 8.00. The lowest BCUT2D eigenvalue weighted by atomic mass is 10.1. The summed E-state index contributed by atoms with van der Waals surface area (Å²) >= 11 is 0. The van der Waals surface area contributed by atoms with Crippen molar-refractivity contribution >= 4 is 17.5 Å². The minimum atomic E-state index is -0.0917. The molecule has 1 N–H and O–H groups in total. The third-order valence-corrected chi connectivity index (χ3v) is 6.31. The zero-order chi connectivity index (χ0) is 22.1. The standard InChI is InChI=1S/C25H29N5O2/c1-17-3-6-22(11-18(17)2)28-24(31)23-12-20(16-30(23)15-19-4-5-19)21-13-26-25(27-14-21)29-7-9-32-10-8-29/h3,6,11-14,16,19H,4-5,7-10,15H2,1-2H3,(H,28,31). The molecule has 1 saturated carbocycles. The van der Waals surface area contributed by atoms with Crippen LogP contribution in [0.4, 0.5) is 11.6 Å². The number of carbonyl (C=O) groups is 1. The first-order valence-corrected chi connectivity index (χ1v) is 11.3. The Balaban J connectivity index is 1.38. The molecule has 0 unspecified atom stereocenters. The average Bonchev–Trinajstić information content (AvgIpc) is 3.53. The van der Waals surface area contributed by atoms with Crippen LogP contribution in [0.1, 0.15) is 34.5 Å². The summed E-state index contributed by atoms with van der Waals surface area (Å²) in [7, 11) is 0. The number of hydrogen-bond acceptors (Lipinski definition) is 5. The fraction of sp³-hybridized carbons (Fsp3) is 0.400. The highest BCUT2D eigenvalue weighted by molar-refractivity contribution is 6.04. The first kappa shape index (κ1) is 20.7. The largest absolute Gasteiger partial charge is 0.378 e. The van der Waals surface area contributed by atoms with Gasteiger partial charge in [-0.3, -0.25) is 4.79 Å². The van der Waals surface area contributed by atoms with E-state index in [0.717, 1.165) is 48.0 Å². The summed E-state index contributed by atoms with van der Waals surface area (Å²) in [5.41, 5.74) is 5.73. The number of nitrogens with zero attached hydrogens (tertiary/aromatic N) is 4. The van der Waals surface area contributed by atoms with Crippen LogP contribution in [0.2, 0.25) is 0 Å². The molecule has 1 amide bonds. The molecule has 0 bridgehead atoms. The second kappa shape index (κ2) is 8.74. The van der Waals surface area contributed by atoms with Crippen LogP contribution in [0.5, 0.6) is 0 Å². The van der Waals surface area contributed by atoms with Gasteiger partial charge >= 0.3 is 0 Å². The van der Waals surface area contributed by atoms with Crippen molar-refractivity contribution < 1.29 is 9.53 Å². The number of carbonyl (C=O) groups excluding carboxylic acids is 1. The Kier molecular flexibility index (Phi) is 5.66. The summed E-state index contributed by atoms with van der Waals surface area (Å²) in [5.74, 6) is 1.29. The predicted octanol–water partition coefficient (Wildman–Crippen LogP) is 4.06. The Labute approximate surface area is 188 Å². The molecule has 3 aromatic rings. The second-order valence-electron chi connectivity index (χ2n) is 8.83. The third kappa shape index (κ3) is 4.53. The molecule has 1 aromatic carbocycles. The molecule has 0 spiro atoms. The maximum atomic E-state index is 13.2. The average molecular weight is 432 g/mol. The number of anilines is 2. The molecule has 1 aliphatic heterocycles. The normalized spacial score (nSPS) is 16.2. The van der Waals surface area contributed by atoms with E-state index in [9.17, 15) is 4.79 Å². The van der Waals surface area contributed by atoms with Crippen LogP contribution in [-0.2, 0) is 11.3 Å². The van der Waals surface area contributed by atoms with Gasteiger partial charge in [-0.1, -0.05) is 6.07 Å². The van der Waals surface area contributed by atoms with Crippen LogP contribution < -0.4 is 10.2 Å². The number of ether oxygens (including phenoxy) is 1. The number of aryl methyl sites for hydroxylation is 2. The molecule has 0 radical (unpaired) electrons. The van der Waals surface area contributed by atoms with Crippen molar-refractivity contribution in [3.8, 4) is 11.1 Å². The van der Waals surface area contributed by atoms with Crippen LogP contribution in [-0.4, -0.2) is 46.7 Å². The van der Waals surface area contributed by atoms with Gasteiger partial charge in [0.25, 0.3) is 5.91 Å². The highest BCUT2D eigenvalue weighted by Crippen LogP contribution is 2.33. The quantitative estimate of drug-likeness (QED) is 0.637. The molecule has 166 valence electrons. The molecule has 7 nitrogen and oxygen atoms in total. The molecule has 2 aliphatic rings. The Morgan fingerprint density at radius 3 is 2.50 bits per heavy atom. The van der Waals surface area contributed by atoms with Crippen LogP contribution in [0.15, 0.2) is 42.9 Å². The zero-order valence-corrected chi connectivity index (χ0v) is 18.7. The Bertz CT molecular complexity index is 1110. The lowest BCUT2D eigenvalue weighted by molar-refractivity contribution is 0.101. The maximum Gasteiger partial charge on any atom is 0.272 e. The van der Waals surface area contributed by atoms with E-state index < -0.39 is 0 Å². The summed E-state index contributed by atoms with van der Waals surface area (Å²) in [6.07, 6.45) is 8.20. The van der Waals surface area contributed by atoms with Gasteiger partial charge in [0, 0.05) is 55.0 Å². The molecule has 7 heteroatoms. The summed E-state index contributed by atoms with van der Waals surface area (Å²) < 4.78 is 7.49. The molecule has 2 aromatic heterocycles. The minimum absolute atomic E-state index is 0.0917. The van der Waals surface area contributed by atoms with Gasteiger partial charge in [0.1, 0.15) is 5.69 Å². The van der Waals surface area contributed by atoms with Gasteiger partial charge in [-0.05, 0) is 61.9 Å². The molecule has 2 fully saturated rings. The van der Waals surface area contributed by atoms with E-state index in [0.29, 0.717) is 24.8 Å². The van der Waals surface area contributed by atoms with Gasteiger partial charge in [-0.25, -0.2) is 9.97 Å². The Morgan fingerprint density at radius 1 is 1.06 bits per heavy atom. The molecular formula is C25H29N5O2. The molecular weight excluding hydrogens is 402 g/mol. The fourth-order valence-corrected chi connectivity index (χ4v) is 4.00. The van der Waals surface area contributed by atoms with E-state index in [1.807, 2.05) is 36.7 Å². The zero-order valence-electron chi connectivity index (χ0n) is 18.7. The Morgan fingerprint density at radius 2 is 1.81 bits per heavy atom. The molecule has 1 saturated heterocycles. The topological polar surface area (TPSA) is 72.3 Å². The smallest absolute Gasteiger partial charge is 0.272 e. The van der Waals surface area contributed by atoms with E-state index >= 15 is 0 Å². The van der Waals surface area contributed by atoms with E-state index in [2.05, 4.69) is 44.8 Å². The van der Waals surface area contributed by atoms with Crippen molar-refractivity contribution in [3.05, 3.63) is 59.7 Å². The van der Waals surface area contributed by atoms with Gasteiger partial charge < -0.3 is 19.5 Å².